The molecule has 28 heavy (non-hydrogen) atoms. The Morgan fingerprint density at radius 3 is 2.71 bits per heavy atom. The molecule has 0 aliphatic rings. The van der Waals surface area contributed by atoms with Crippen LogP contribution in [0.15, 0.2) is 54.9 Å². The van der Waals surface area contributed by atoms with Crippen molar-refractivity contribution in [1.29, 1.82) is 0 Å². The number of hydrogen-bond donors (Lipinski definition) is 1. The number of hydrogen-bond acceptors (Lipinski definition) is 4. The number of nitrogens with zero attached hydrogens (tertiary/aromatic N) is 2. The number of carbonyl (C=O) groups is 2. The van der Waals surface area contributed by atoms with Gasteiger partial charge in [-0.2, -0.15) is 5.10 Å². The van der Waals surface area contributed by atoms with E-state index in [0.29, 0.717) is 17.6 Å². The molecule has 144 valence electrons. The van der Waals surface area contributed by atoms with Crippen LogP contribution in [0.25, 0.3) is 0 Å². The van der Waals surface area contributed by atoms with Crippen LogP contribution in [-0.4, -0.2) is 28.3 Å². The lowest BCUT2D eigenvalue weighted by atomic mass is 10.2. The number of halogens is 3. The van der Waals surface area contributed by atoms with Gasteiger partial charge in [-0.3, -0.25) is 9.48 Å². The Morgan fingerprint density at radius 1 is 1.18 bits per heavy atom. The number of anilines is 1. The third-order valence-electron chi connectivity index (χ3n) is 3.70. The SMILES string of the molecule is O=C(COC(=O)c1cnn(Cc2ccccc2Cl)c1)Nc1ccc(F)cc1F. The Bertz CT molecular complexity index is 1020. The van der Waals surface area contributed by atoms with E-state index in [1.165, 1.54) is 17.1 Å². The largest absolute Gasteiger partial charge is 0.452 e. The molecule has 1 aromatic heterocycles. The number of rotatable bonds is 6. The minimum Gasteiger partial charge on any atom is -0.452 e. The maximum atomic E-state index is 13.5. The highest BCUT2D eigenvalue weighted by Crippen LogP contribution is 2.17. The molecule has 0 saturated heterocycles. The van der Waals surface area contributed by atoms with Crippen molar-refractivity contribution < 1.29 is 23.1 Å². The van der Waals surface area contributed by atoms with E-state index in [-0.39, 0.29) is 11.3 Å². The molecule has 0 bridgehead atoms. The van der Waals surface area contributed by atoms with Crippen molar-refractivity contribution in [2.45, 2.75) is 6.54 Å². The first-order valence-corrected chi connectivity index (χ1v) is 8.48. The van der Waals surface area contributed by atoms with Crippen LogP contribution in [0.2, 0.25) is 5.02 Å². The van der Waals surface area contributed by atoms with Gasteiger partial charge in [0.2, 0.25) is 0 Å². The van der Waals surface area contributed by atoms with E-state index < -0.39 is 30.1 Å². The van der Waals surface area contributed by atoms with Crippen molar-refractivity contribution in [3.05, 3.63) is 82.6 Å². The zero-order chi connectivity index (χ0) is 20.1. The molecule has 1 heterocycles. The second-order valence-corrected chi connectivity index (χ2v) is 6.17. The summed E-state index contributed by atoms with van der Waals surface area (Å²) in [5.41, 5.74) is 0.760. The van der Waals surface area contributed by atoms with E-state index in [1.54, 1.807) is 12.1 Å². The third kappa shape index (κ3) is 4.92. The molecule has 0 fully saturated rings. The molecule has 3 aromatic rings. The number of amides is 1. The summed E-state index contributed by atoms with van der Waals surface area (Å²) in [6.07, 6.45) is 2.76. The van der Waals surface area contributed by atoms with E-state index in [1.807, 2.05) is 12.1 Å². The number of carbonyl (C=O) groups excluding carboxylic acids is 2. The quantitative estimate of drug-likeness (QED) is 0.635. The number of benzene rings is 2. The normalized spacial score (nSPS) is 10.5. The van der Waals surface area contributed by atoms with E-state index in [0.717, 1.165) is 17.7 Å². The fourth-order valence-corrected chi connectivity index (χ4v) is 2.54. The van der Waals surface area contributed by atoms with Gasteiger partial charge < -0.3 is 10.1 Å². The minimum atomic E-state index is -0.930. The van der Waals surface area contributed by atoms with Gasteiger partial charge in [0.15, 0.2) is 6.61 Å². The highest BCUT2D eigenvalue weighted by atomic mass is 35.5. The summed E-state index contributed by atoms with van der Waals surface area (Å²) in [6.45, 7) is -0.275. The minimum absolute atomic E-state index is 0.146. The molecule has 0 saturated carbocycles. The fraction of sp³-hybridized carbons (Fsp3) is 0.105. The molecule has 1 amide bonds. The summed E-state index contributed by atoms with van der Waals surface area (Å²) in [5, 5.41) is 6.83. The van der Waals surface area contributed by atoms with Gasteiger partial charge in [0.05, 0.1) is 24.0 Å². The van der Waals surface area contributed by atoms with E-state index in [9.17, 15) is 18.4 Å². The van der Waals surface area contributed by atoms with Crippen LogP contribution in [0.3, 0.4) is 0 Å². The molecule has 0 atom stereocenters. The summed E-state index contributed by atoms with van der Waals surface area (Å²) < 4.78 is 32.7. The van der Waals surface area contributed by atoms with Crippen LogP contribution in [0.4, 0.5) is 14.5 Å². The first-order valence-electron chi connectivity index (χ1n) is 8.10. The predicted molar refractivity (Wildman–Crippen MR) is 98.1 cm³/mol. The Balaban J connectivity index is 1.54. The lowest BCUT2D eigenvalue weighted by Crippen LogP contribution is -2.21. The lowest BCUT2D eigenvalue weighted by Gasteiger charge is -2.07. The number of esters is 1. The zero-order valence-electron chi connectivity index (χ0n) is 14.4. The molecule has 2 aromatic carbocycles. The van der Waals surface area contributed by atoms with Crippen molar-refractivity contribution >= 4 is 29.2 Å². The van der Waals surface area contributed by atoms with Gasteiger partial charge in [0.1, 0.15) is 11.6 Å². The van der Waals surface area contributed by atoms with E-state index >= 15 is 0 Å². The van der Waals surface area contributed by atoms with Crippen molar-refractivity contribution in [1.82, 2.24) is 9.78 Å². The van der Waals surface area contributed by atoms with Crippen molar-refractivity contribution in [2.24, 2.45) is 0 Å². The van der Waals surface area contributed by atoms with Crippen LogP contribution in [0.1, 0.15) is 15.9 Å². The van der Waals surface area contributed by atoms with Gasteiger partial charge in [-0.25, -0.2) is 13.6 Å². The summed E-state index contributed by atoms with van der Waals surface area (Å²) in [7, 11) is 0. The molecular weight excluding hydrogens is 392 g/mol. The van der Waals surface area contributed by atoms with Gasteiger partial charge in [-0.15, -0.1) is 0 Å². The number of aromatic nitrogens is 2. The first-order chi connectivity index (χ1) is 13.4. The topological polar surface area (TPSA) is 73.2 Å². The molecule has 0 unspecified atom stereocenters. The van der Waals surface area contributed by atoms with E-state index in [2.05, 4.69) is 10.4 Å². The first kappa shape index (κ1) is 19.5. The monoisotopic (exact) mass is 405 g/mol. The highest BCUT2D eigenvalue weighted by Gasteiger charge is 2.14. The van der Waals surface area contributed by atoms with E-state index in [4.69, 9.17) is 16.3 Å². The predicted octanol–water partition coefficient (Wildman–Crippen LogP) is 3.66. The van der Waals surface area contributed by atoms with Crippen molar-refractivity contribution in [3.63, 3.8) is 0 Å². The lowest BCUT2D eigenvalue weighted by molar-refractivity contribution is -0.119. The average molecular weight is 406 g/mol. The standard InChI is InChI=1S/C19H14ClF2N3O3/c20-15-4-2-1-3-12(15)9-25-10-13(8-23-25)19(27)28-11-18(26)24-17-6-5-14(21)7-16(17)22/h1-8,10H,9,11H2,(H,24,26). The van der Waals surface area contributed by atoms with Crippen LogP contribution in [0, 0.1) is 11.6 Å². The maximum absolute atomic E-state index is 13.5. The summed E-state index contributed by atoms with van der Waals surface area (Å²) >= 11 is 6.09. The Morgan fingerprint density at radius 2 is 1.96 bits per heavy atom. The van der Waals surface area contributed by atoms with Gasteiger partial charge in [0.25, 0.3) is 5.91 Å². The Labute approximate surface area is 163 Å². The molecular formula is C19H14ClF2N3O3. The molecule has 9 heteroatoms. The Kier molecular flexibility index (Phi) is 6.00. The van der Waals surface area contributed by atoms with Gasteiger partial charge in [-0.05, 0) is 23.8 Å². The summed E-state index contributed by atoms with van der Waals surface area (Å²) in [4.78, 5) is 23.8. The van der Waals surface area contributed by atoms with Gasteiger partial charge in [-0.1, -0.05) is 29.8 Å². The highest BCUT2D eigenvalue weighted by molar-refractivity contribution is 6.31. The van der Waals surface area contributed by atoms with Gasteiger partial charge in [0, 0.05) is 17.3 Å². The molecule has 6 nitrogen and oxygen atoms in total. The number of nitrogens with one attached hydrogen (secondary N) is 1. The molecule has 1 N–H and O–H groups in total. The fourth-order valence-electron chi connectivity index (χ4n) is 2.35. The summed E-state index contributed by atoms with van der Waals surface area (Å²) in [6, 6.07) is 9.93. The van der Waals surface area contributed by atoms with Crippen LogP contribution < -0.4 is 5.32 Å². The van der Waals surface area contributed by atoms with Crippen molar-refractivity contribution in [2.75, 3.05) is 11.9 Å². The van der Waals surface area contributed by atoms with Crippen LogP contribution >= 0.6 is 11.6 Å². The third-order valence-corrected chi connectivity index (χ3v) is 4.07. The van der Waals surface area contributed by atoms with Crippen molar-refractivity contribution in [3.8, 4) is 0 Å². The molecule has 0 spiro atoms. The smallest absolute Gasteiger partial charge is 0.341 e. The number of ether oxygens (including phenoxy) is 1. The molecule has 0 radical (unpaired) electrons. The van der Waals surface area contributed by atoms with Gasteiger partial charge >= 0.3 is 5.97 Å². The van der Waals surface area contributed by atoms with Crippen LogP contribution in [0.5, 0.6) is 0 Å². The average Bonchev–Trinajstić information content (AvgIpc) is 3.13. The maximum Gasteiger partial charge on any atom is 0.341 e. The molecule has 3 rings (SSSR count). The van der Waals surface area contributed by atoms with Crippen LogP contribution in [-0.2, 0) is 16.1 Å². The second-order valence-electron chi connectivity index (χ2n) is 5.77. The zero-order valence-corrected chi connectivity index (χ0v) is 15.1. The Hall–Kier alpha value is -3.26. The summed E-state index contributed by atoms with van der Waals surface area (Å²) in [5.74, 6) is -3.22. The molecule has 0 aliphatic carbocycles. The second kappa shape index (κ2) is 8.62. The molecule has 0 aliphatic heterocycles.